The van der Waals surface area contributed by atoms with Crippen LogP contribution in [-0.4, -0.2) is 37.0 Å². The number of rotatable bonds is 7. The molecule has 0 bridgehead atoms. The lowest BCUT2D eigenvalue weighted by Gasteiger charge is -2.31. The van der Waals surface area contributed by atoms with Crippen LogP contribution in [0.1, 0.15) is 42.9 Å². The second-order valence-corrected chi connectivity index (χ2v) is 7.86. The Hall–Kier alpha value is -2.04. The summed E-state index contributed by atoms with van der Waals surface area (Å²) in [5, 5.41) is 3.66. The highest BCUT2D eigenvalue weighted by atomic mass is 35.5. The van der Waals surface area contributed by atoms with E-state index < -0.39 is 0 Å². The smallest absolute Gasteiger partial charge is 0.258 e. The summed E-state index contributed by atoms with van der Waals surface area (Å²) in [6.07, 6.45) is 5.01. The van der Waals surface area contributed by atoms with Crippen LogP contribution in [0.3, 0.4) is 0 Å². The lowest BCUT2D eigenvalue weighted by molar-refractivity contribution is -0.123. The molecule has 1 aliphatic heterocycles. The summed E-state index contributed by atoms with van der Waals surface area (Å²) >= 11 is 5.96. The van der Waals surface area contributed by atoms with E-state index in [1.165, 1.54) is 36.8 Å². The maximum atomic E-state index is 12.4. The Morgan fingerprint density at radius 1 is 1.11 bits per heavy atom. The molecule has 1 aliphatic rings. The minimum atomic E-state index is -0.119. The second kappa shape index (κ2) is 10.5. The van der Waals surface area contributed by atoms with Crippen molar-refractivity contribution in [3.8, 4) is 5.75 Å². The third-order valence-corrected chi connectivity index (χ3v) is 5.44. The molecule has 150 valence electrons. The molecule has 1 heterocycles. The summed E-state index contributed by atoms with van der Waals surface area (Å²) in [6.45, 7) is 4.82. The normalized spacial score (nSPS) is 16.2. The van der Waals surface area contributed by atoms with Gasteiger partial charge in [0, 0.05) is 11.6 Å². The zero-order valence-electron chi connectivity index (χ0n) is 16.5. The van der Waals surface area contributed by atoms with Gasteiger partial charge in [0.25, 0.3) is 5.91 Å². The first-order chi connectivity index (χ1) is 13.6. The van der Waals surface area contributed by atoms with Gasteiger partial charge in [-0.2, -0.15) is 0 Å². The number of amides is 1. The van der Waals surface area contributed by atoms with E-state index in [1.54, 1.807) is 18.2 Å². The van der Waals surface area contributed by atoms with Crippen LogP contribution in [0.4, 0.5) is 0 Å². The van der Waals surface area contributed by atoms with Gasteiger partial charge in [-0.25, -0.2) is 0 Å². The van der Waals surface area contributed by atoms with Crippen molar-refractivity contribution in [2.75, 3.05) is 26.2 Å². The average Bonchev–Trinajstić information content (AvgIpc) is 2.97. The van der Waals surface area contributed by atoms with Crippen molar-refractivity contribution in [1.82, 2.24) is 10.2 Å². The number of aryl methyl sites for hydroxylation is 1. The number of carbonyl (C=O) groups excluding carboxylic acids is 1. The summed E-state index contributed by atoms with van der Waals surface area (Å²) in [5.74, 6) is 0.483. The first-order valence-corrected chi connectivity index (χ1v) is 10.5. The van der Waals surface area contributed by atoms with Gasteiger partial charge in [0.2, 0.25) is 0 Å². The Labute approximate surface area is 172 Å². The maximum absolute atomic E-state index is 12.4. The van der Waals surface area contributed by atoms with Crippen molar-refractivity contribution >= 4 is 17.5 Å². The van der Waals surface area contributed by atoms with Gasteiger partial charge in [-0.05, 0) is 56.6 Å². The van der Waals surface area contributed by atoms with Gasteiger partial charge in [-0.15, -0.1) is 0 Å². The molecule has 4 nitrogen and oxygen atoms in total. The van der Waals surface area contributed by atoms with Crippen LogP contribution in [0.2, 0.25) is 5.02 Å². The third-order valence-electron chi connectivity index (χ3n) is 5.20. The van der Waals surface area contributed by atoms with Crippen molar-refractivity contribution in [2.45, 2.75) is 38.6 Å². The van der Waals surface area contributed by atoms with Crippen LogP contribution in [0.5, 0.6) is 5.75 Å². The second-order valence-electron chi connectivity index (χ2n) is 7.43. The van der Waals surface area contributed by atoms with Crippen LogP contribution in [0, 0.1) is 6.92 Å². The zero-order valence-corrected chi connectivity index (χ0v) is 17.3. The first-order valence-electron chi connectivity index (χ1n) is 10.1. The zero-order chi connectivity index (χ0) is 19.8. The van der Waals surface area contributed by atoms with E-state index in [1.807, 2.05) is 6.07 Å². The molecule has 2 aromatic rings. The molecule has 0 radical (unpaired) electrons. The Balaban J connectivity index is 1.60. The summed E-state index contributed by atoms with van der Waals surface area (Å²) in [4.78, 5) is 14.9. The monoisotopic (exact) mass is 400 g/mol. The quantitative estimate of drug-likeness (QED) is 0.728. The molecule has 1 unspecified atom stereocenters. The fraction of sp³-hybridized carbons (Fsp3) is 0.435. The molecule has 5 heteroatoms. The maximum Gasteiger partial charge on any atom is 0.258 e. The molecule has 1 atom stereocenters. The summed E-state index contributed by atoms with van der Waals surface area (Å²) in [7, 11) is 0. The minimum absolute atomic E-state index is 0.0129. The Morgan fingerprint density at radius 2 is 1.82 bits per heavy atom. The van der Waals surface area contributed by atoms with Crippen molar-refractivity contribution in [3.05, 3.63) is 64.7 Å². The number of likely N-dealkylation sites (tertiary alicyclic amines) is 1. The standard InChI is InChI=1S/C23H29ClN2O2/c1-18-9-11-19(12-10-18)22(26-13-4-2-3-5-14-26)16-25-23(27)17-28-21-8-6-7-20(24)15-21/h6-12,15,22H,2-5,13-14,16-17H2,1H3,(H,25,27). The van der Waals surface area contributed by atoms with Crippen molar-refractivity contribution in [1.29, 1.82) is 0 Å². The van der Waals surface area contributed by atoms with Crippen molar-refractivity contribution in [3.63, 3.8) is 0 Å². The summed E-state index contributed by atoms with van der Waals surface area (Å²) < 4.78 is 5.56. The topological polar surface area (TPSA) is 41.6 Å². The van der Waals surface area contributed by atoms with Gasteiger partial charge in [0.1, 0.15) is 5.75 Å². The highest BCUT2D eigenvalue weighted by Gasteiger charge is 2.22. The van der Waals surface area contributed by atoms with E-state index in [4.69, 9.17) is 16.3 Å². The van der Waals surface area contributed by atoms with Crippen LogP contribution < -0.4 is 10.1 Å². The summed E-state index contributed by atoms with van der Waals surface area (Å²) in [6, 6.07) is 15.9. The molecule has 1 saturated heterocycles. The number of nitrogens with zero attached hydrogens (tertiary/aromatic N) is 1. The molecule has 0 spiro atoms. The number of halogens is 1. The predicted molar refractivity (Wildman–Crippen MR) is 114 cm³/mol. The van der Waals surface area contributed by atoms with Crippen LogP contribution in [-0.2, 0) is 4.79 Å². The lowest BCUT2D eigenvalue weighted by Crippen LogP contribution is -2.40. The molecule has 0 aliphatic carbocycles. The Morgan fingerprint density at radius 3 is 2.50 bits per heavy atom. The van der Waals surface area contributed by atoms with E-state index in [9.17, 15) is 4.79 Å². The molecular formula is C23H29ClN2O2. The van der Waals surface area contributed by atoms with Gasteiger partial charge in [-0.3, -0.25) is 9.69 Å². The molecule has 2 aromatic carbocycles. The third kappa shape index (κ3) is 6.25. The number of hydrogen-bond acceptors (Lipinski definition) is 3. The fourth-order valence-corrected chi connectivity index (χ4v) is 3.80. The molecule has 1 N–H and O–H groups in total. The number of carbonyl (C=O) groups is 1. The average molecular weight is 401 g/mol. The van der Waals surface area contributed by atoms with E-state index in [-0.39, 0.29) is 18.6 Å². The van der Waals surface area contributed by atoms with E-state index in [0.717, 1.165) is 13.1 Å². The first kappa shape index (κ1) is 20.7. The molecule has 3 rings (SSSR count). The number of nitrogens with one attached hydrogen (secondary N) is 1. The van der Waals surface area contributed by atoms with E-state index in [0.29, 0.717) is 17.3 Å². The van der Waals surface area contributed by atoms with Crippen LogP contribution in [0.15, 0.2) is 48.5 Å². The molecule has 1 amide bonds. The van der Waals surface area contributed by atoms with Crippen molar-refractivity contribution < 1.29 is 9.53 Å². The molecule has 1 fully saturated rings. The number of ether oxygens (including phenoxy) is 1. The largest absolute Gasteiger partial charge is 0.484 e. The molecule has 28 heavy (non-hydrogen) atoms. The fourth-order valence-electron chi connectivity index (χ4n) is 3.62. The van der Waals surface area contributed by atoms with Gasteiger partial charge in [0.15, 0.2) is 6.61 Å². The highest BCUT2D eigenvalue weighted by molar-refractivity contribution is 6.30. The van der Waals surface area contributed by atoms with E-state index in [2.05, 4.69) is 41.4 Å². The van der Waals surface area contributed by atoms with Gasteiger partial charge < -0.3 is 10.1 Å². The number of benzene rings is 2. The van der Waals surface area contributed by atoms with Crippen LogP contribution >= 0.6 is 11.6 Å². The molecule has 0 saturated carbocycles. The van der Waals surface area contributed by atoms with Gasteiger partial charge in [-0.1, -0.05) is 60.3 Å². The Kier molecular flexibility index (Phi) is 7.75. The predicted octanol–water partition coefficient (Wildman–Crippen LogP) is 4.76. The summed E-state index contributed by atoms with van der Waals surface area (Å²) in [5.41, 5.74) is 2.50. The van der Waals surface area contributed by atoms with Gasteiger partial charge in [0.05, 0.1) is 6.04 Å². The van der Waals surface area contributed by atoms with Crippen molar-refractivity contribution in [2.24, 2.45) is 0 Å². The molecular weight excluding hydrogens is 372 g/mol. The number of hydrogen-bond donors (Lipinski definition) is 1. The minimum Gasteiger partial charge on any atom is -0.484 e. The van der Waals surface area contributed by atoms with E-state index >= 15 is 0 Å². The van der Waals surface area contributed by atoms with Crippen LogP contribution in [0.25, 0.3) is 0 Å². The Bertz CT molecular complexity index is 755. The SMILES string of the molecule is Cc1ccc(C(CNC(=O)COc2cccc(Cl)c2)N2CCCCCC2)cc1. The lowest BCUT2D eigenvalue weighted by atomic mass is 10.0. The van der Waals surface area contributed by atoms with Gasteiger partial charge >= 0.3 is 0 Å². The highest BCUT2D eigenvalue weighted by Crippen LogP contribution is 2.24. The molecule has 0 aromatic heterocycles.